The van der Waals surface area contributed by atoms with Crippen molar-refractivity contribution >= 4 is 5.91 Å². The van der Waals surface area contributed by atoms with Crippen LogP contribution in [0.4, 0.5) is 0 Å². The molecule has 126 valence electrons. The quantitative estimate of drug-likeness (QED) is 0.767. The number of terminal acetylenes is 1. The molecule has 0 atom stereocenters. The highest BCUT2D eigenvalue weighted by Gasteiger charge is 2.19. The molecule has 1 amide bonds. The van der Waals surface area contributed by atoms with Crippen molar-refractivity contribution in [3.63, 3.8) is 0 Å². The molecule has 24 heavy (non-hydrogen) atoms. The third-order valence-electron chi connectivity index (χ3n) is 3.76. The zero-order valence-corrected chi connectivity index (χ0v) is 14.6. The van der Waals surface area contributed by atoms with Crippen LogP contribution in [0, 0.1) is 12.3 Å². The molecule has 0 unspecified atom stereocenters. The second kappa shape index (κ2) is 7.69. The molecule has 5 nitrogen and oxygen atoms in total. The molecule has 0 aliphatic heterocycles. The lowest BCUT2D eigenvalue weighted by atomic mass is 10.1. The van der Waals surface area contributed by atoms with Gasteiger partial charge in [-0.3, -0.25) is 9.48 Å². The Balaban J connectivity index is 2.15. The zero-order chi connectivity index (χ0) is 17.7. The SMILES string of the molecule is C#CCOc1ccccc1CN(C)C(=O)c1cc(C(C)C)n(C)n1. The van der Waals surface area contributed by atoms with E-state index < -0.39 is 0 Å². The predicted molar refractivity (Wildman–Crippen MR) is 93.9 cm³/mol. The van der Waals surface area contributed by atoms with E-state index in [-0.39, 0.29) is 12.5 Å². The normalized spacial score (nSPS) is 10.5. The van der Waals surface area contributed by atoms with Crippen LogP contribution in [0.3, 0.4) is 0 Å². The molecule has 0 bridgehead atoms. The topological polar surface area (TPSA) is 47.4 Å². The van der Waals surface area contributed by atoms with E-state index in [1.807, 2.05) is 37.4 Å². The van der Waals surface area contributed by atoms with Gasteiger partial charge in [0.2, 0.25) is 0 Å². The van der Waals surface area contributed by atoms with Crippen molar-refractivity contribution in [2.24, 2.45) is 7.05 Å². The minimum atomic E-state index is -0.121. The summed E-state index contributed by atoms with van der Waals surface area (Å²) in [5, 5.41) is 4.33. The first-order chi connectivity index (χ1) is 11.4. The summed E-state index contributed by atoms with van der Waals surface area (Å²) in [6.07, 6.45) is 5.24. The van der Waals surface area contributed by atoms with Crippen molar-refractivity contribution < 1.29 is 9.53 Å². The average Bonchev–Trinajstić information content (AvgIpc) is 2.95. The fourth-order valence-corrected chi connectivity index (χ4v) is 2.54. The fourth-order valence-electron chi connectivity index (χ4n) is 2.54. The zero-order valence-electron chi connectivity index (χ0n) is 14.6. The number of amides is 1. The third-order valence-corrected chi connectivity index (χ3v) is 3.76. The van der Waals surface area contributed by atoms with E-state index in [0.29, 0.717) is 23.9 Å². The predicted octanol–water partition coefficient (Wildman–Crippen LogP) is 2.83. The molecule has 0 saturated heterocycles. The van der Waals surface area contributed by atoms with Gasteiger partial charge in [-0.1, -0.05) is 38.0 Å². The molecule has 0 aliphatic rings. The Morgan fingerprint density at radius 1 is 1.42 bits per heavy atom. The first-order valence-electron chi connectivity index (χ1n) is 7.87. The van der Waals surface area contributed by atoms with Crippen LogP contribution in [0.25, 0.3) is 0 Å². The lowest BCUT2D eigenvalue weighted by Gasteiger charge is -2.18. The van der Waals surface area contributed by atoms with Crippen LogP contribution in [0.1, 0.15) is 41.5 Å². The molecule has 2 rings (SSSR count). The van der Waals surface area contributed by atoms with E-state index in [0.717, 1.165) is 11.3 Å². The second-order valence-electron chi connectivity index (χ2n) is 5.99. The van der Waals surface area contributed by atoms with Crippen molar-refractivity contribution in [1.82, 2.24) is 14.7 Å². The number of ether oxygens (including phenoxy) is 1. The minimum absolute atomic E-state index is 0.121. The van der Waals surface area contributed by atoms with E-state index in [9.17, 15) is 4.79 Å². The fraction of sp³-hybridized carbons (Fsp3) is 0.368. The van der Waals surface area contributed by atoms with Crippen molar-refractivity contribution in [2.75, 3.05) is 13.7 Å². The molecule has 0 spiro atoms. The molecule has 0 fully saturated rings. The second-order valence-corrected chi connectivity index (χ2v) is 5.99. The van der Waals surface area contributed by atoms with E-state index in [1.54, 1.807) is 16.6 Å². The summed E-state index contributed by atoms with van der Waals surface area (Å²) in [4.78, 5) is 14.3. The number of hydrogen-bond acceptors (Lipinski definition) is 3. The Morgan fingerprint density at radius 2 is 2.12 bits per heavy atom. The largest absolute Gasteiger partial charge is 0.481 e. The first kappa shape index (κ1) is 17.6. The molecule has 0 N–H and O–H groups in total. The molecular formula is C19H23N3O2. The Morgan fingerprint density at radius 3 is 2.75 bits per heavy atom. The van der Waals surface area contributed by atoms with Crippen LogP contribution >= 0.6 is 0 Å². The van der Waals surface area contributed by atoms with Crippen LogP contribution < -0.4 is 4.74 Å². The molecule has 1 aromatic carbocycles. The molecule has 2 aromatic rings. The van der Waals surface area contributed by atoms with Crippen LogP contribution in [0.2, 0.25) is 0 Å². The number of carbonyl (C=O) groups excluding carboxylic acids is 1. The maximum atomic E-state index is 12.6. The van der Waals surface area contributed by atoms with Crippen LogP contribution in [-0.4, -0.2) is 34.2 Å². The highest BCUT2D eigenvalue weighted by Crippen LogP contribution is 2.21. The molecule has 0 radical (unpaired) electrons. The van der Waals surface area contributed by atoms with Gasteiger partial charge in [0.05, 0.1) is 0 Å². The molecule has 1 heterocycles. The number of aromatic nitrogens is 2. The van der Waals surface area contributed by atoms with Gasteiger partial charge in [0.15, 0.2) is 5.69 Å². The number of hydrogen-bond donors (Lipinski definition) is 0. The maximum absolute atomic E-state index is 12.6. The highest BCUT2D eigenvalue weighted by atomic mass is 16.5. The maximum Gasteiger partial charge on any atom is 0.274 e. The van der Waals surface area contributed by atoms with Gasteiger partial charge in [0.1, 0.15) is 12.4 Å². The van der Waals surface area contributed by atoms with Crippen LogP contribution in [0.15, 0.2) is 30.3 Å². The Labute approximate surface area is 143 Å². The van der Waals surface area contributed by atoms with Crippen molar-refractivity contribution in [1.29, 1.82) is 0 Å². The number of para-hydroxylation sites is 1. The summed E-state index contributed by atoms with van der Waals surface area (Å²) in [6.45, 7) is 4.78. The van der Waals surface area contributed by atoms with Crippen molar-refractivity contribution in [3.8, 4) is 18.1 Å². The van der Waals surface area contributed by atoms with Gasteiger partial charge < -0.3 is 9.64 Å². The van der Waals surface area contributed by atoms with Gasteiger partial charge in [0.25, 0.3) is 5.91 Å². The van der Waals surface area contributed by atoms with Gasteiger partial charge in [-0.05, 0) is 18.1 Å². The summed E-state index contributed by atoms with van der Waals surface area (Å²) in [5.41, 5.74) is 2.39. The van der Waals surface area contributed by atoms with Gasteiger partial charge in [-0.2, -0.15) is 5.10 Å². The smallest absolute Gasteiger partial charge is 0.274 e. The van der Waals surface area contributed by atoms with Crippen LogP contribution in [-0.2, 0) is 13.6 Å². The van der Waals surface area contributed by atoms with Crippen molar-refractivity contribution in [3.05, 3.63) is 47.3 Å². The summed E-state index contributed by atoms with van der Waals surface area (Å²) < 4.78 is 7.29. The highest BCUT2D eigenvalue weighted by molar-refractivity contribution is 5.92. The van der Waals surface area contributed by atoms with E-state index in [1.165, 1.54) is 0 Å². The Kier molecular flexibility index (Phi) is 5.64. The summed E-state index contributed by atoms with van der Waals surface area (Å²) in [7, 11) is 3.61. The van der Waals surface area contributed by atoms with E-state index >= 15 is 0 Å². The van der Waals surface area contributed by atoms with E-state index in [2.05, 4.69) is 24.9 Å². The Hall–Kier alpha value is -2.74. The monoisotopic (exact) mass is 325 g/mol. The number of rotatable bonds is 6. The third kappa shape index (κ3) is 3.96. The van der Waals surface area contributed by atoms with Gasteiger partial charge >= 0.3 is 0 Å². The number of carbonyl (C=O) groups is 1. The van der Waals surface area contributed by atoms with Gasteiger partial charge in [-0.25, -0.2) is 0 Å². The lowest BCUT2D eigenvalue weighted by molar-refractivity contribution is 0.0777. The van der Waals surface area contributed by atoms with Crippen LogP contribution in [0.5, 0.6) is 5.75 Å². The molecule has 0 saturated carbocycles. The standard InChI is InChI=1S/C19H23N3O2/c1-6-11-24-18-10-8-7-9-15(18)13-21(4)19(23)16-12-17(14(2)3)22(5)20-16/h1,7-10,12,14H,11,13H2,2-5H3. The molecule has 1 aromatic heterocycles. The molecular weight excluding hydrogens is 302 g/mol. The number of benzene rings is 1. The van der Waals surface area contributed by atoms with Gasteiger partial charge in [0, 0.05) is 31.9 Å². The van der Waals surface area contributed by atoms with E-state index in [4.69, 9.17) is 11.2 Å². The van der Waals surface area contributed by atoms with Gasteiger partial charge in [-0.15, -0.1) is 6.42 Å². The first-order valence-corrected chi connectivity index (χ1v) is 7.87. The van der Waals surface area contributed by atoms with Crippen molar-refractivity contribution in [2.45, 2.75) is 26.3 Å². The Bertz CT molecular complexity index is 756. The summed E-state index contributed by atoms with van der Waals surface area (Å²) >= 11 is 0. The minimum Gasteiger partial charge on any atom is -0.481 e. The average molecular weight is 325 g/mol. The summed E-state index contributed by atoms with van der Waals surface area (Å²) in [6, 6.07) is 9.42. The molecule has 5 heteroatoms. The number of aryl methyl sites for hydroxylation is 1. The molecule has 0 aliphatic carbocycles. The summed E-state index contributed by atoms with van der Waals surface area (Å²) in [5.74, 6) is 3.33. The number of nitrogens with zero attached hydrogens (tertiary/aromatic N) is 3. The lowest BCUT2D eigenvalue weighted by Crippen LogP contribution is -2.27.